The molecule has 3 heterocycles. The van der Waals surface area contributed by atoms with Crippen molar-refractivity contribution < 1.29 is 23.7 Å². The molecule has 1 fully saturated rings. The maximum atomic E-state index is 12.0. The van der Waals surface area contributed by atoms with Crippen molar-refractivity contribution in [2.45, 2.75) is 19.6 Å². The van der Waals surface area contributed by atoms with E-state index in [1.165, 1.54) is 17.9 Å². The second kappa shape index (κ2) is 9.69. The number of aromatic nitrogens is 1. The molecule has 3 rings (SSSR count). The first-order valence-electron chi connectivity index (χ1n) is 9.28. The Morgan fingerprint density at radius 2 is 2.17 bits per heavy atom. The number of cyclic esters (lactones) is 1. The molecule has 0 saturated carbocycles. The van der Waals surface area contributed by atoms with Crippen molar-refractivity contribution >= 4 is 29.4 Å². The Labute approximate surface area is 171 Å². The van der Waals surface area contributed by atoms with E-state index in [4.69, 9.17) is 9.15 Å². The third kappa shape index (κ3) is 5.67. The number of rotatable bonds is 10. The normalized spacial score (nSPS) is 15.7. The van der Waals surface area contributed by atoms with Gasteiger partial charge in [0.25, 0.3) is 0 Å². The highest BCUT2D eigenvalue weighted by atomic mass is 16.6. The first-order valence-corrected chi connectivity index (χ1v) is 9.28. The van der Waals surface area contributed by atoms with Gasteiger partial charge in [0.05, 0.1) is 37.6 Å². The number of hydrogen-bond donors (Lipinski definition) is 3. The van der Waals surface area contributed by atoms with Crippen LogP contribution >= 0.6 is 0 Å². The number of anilines is 2. The molecule has 12 heteroatoms. The van der Waals surface area contributed by atoms with Crippen LogP contribution in [0.1, 0.15) is 12.7 Å². The summed E-state index contributed by atoms with van der Waals surface area (Å²) < 4.78 is 10.3. The summed E-state index contributed by atoms with van der Waals surface area (Å²) in [4.78, 5) is 38.7. The average molecular weight is 418 g/mol. The fraction of sp³-hybridized carbons (Fsp3) is 0.389. The highest BCUT2D eigenvalue weighted by molar-refractivity contribution is 5.89. The van der Waals surface area contributed by atoms with Crippen molar-refractivity contribution in [2.75, 3.05) is 36.4 Å². The molecule has 0 aliphatic carbocycles. The van der Waals surface area contributed by atoms with Gasteiger partial charge < -0.3 is 25.1 Å². The molecule has 2 aromatic heterocycles. The first kappa shape index (κ1) is 21.0. The topological polar surface area (TPSA) is 152 Å². The zero-order valence-corrected chi connectivity index (χ0v) is 16.3. The van der Waals surface area contributed by atoms with Gasteiger partial charge in [-0.15, -0.1) is 0 Å². The third-order valence-corrected chi connectivity index (χ3v) is 4.25. The molecule has 3 N–H and O–H groups in total. The van der Waals surface area contributed by atoms with Gasteiger partial charge in [-0.3, -0.25) is 19.8 Å². The van der Waals surface area contributed by atoms with E-state index in [0.717, 1.165) is 0 Å². The van der Waals surface area contributed by atoms with E-state index in [2.05, 4.69) is 20.9 Å². The molecule has 0 unspecified atom stereocenters. The van der Waals surface area contributed by atoms with Gasteiger partial charge >= 0.3 is 12.0 Å². The summed E-state index contributed by atoms with van der Waals surface area (Å²) in [5.74, 6) is 0.661. The fourth-order valence-electron chi connectivity index (χ4n) is 2.80. The summed E-state index contributed by atoms with van der Waals surface area (Å²) in [7, 11) is 0. The molecule has 30 heavy (non-hydrogen) atoms. The number of nitrogens with zero attached hydrogens (tertiary/aromatic N) is 3. The van der Waals surface area contributed by atoms with Crippen molar-refractivity contribution in [3.8, 4) is 0 Å². The van der Waals surface area contributed by atoms with Crippen molar-refractivity contribution in [1.29, 1.82) is 0 Å². The van der Waals surface area contributed by atoms with Crippen LogP contribution in [0.2, 0.25) is 0 Å². The van der Waals surface area contributed by atoms with E-state index < -0.39 is 17.1 Å². The molecular weight excluding hydrogens is 396 g/mol. The SMILES string of the molecule is CC(=O)NC[C@H]1CN(c2ccc(NCCNCc3ccc([N+](=O)[O-])o3)nc2)C(=O)O1. The van der Waals surface area contributed by atoms with Crippen LogP contribution in [0.15, 0.2) is 34.9 Å². The second-order valence-corrected chi connectivity index (χ2v) is 6.56. The Morgan fingerprint density at radius 1 is 1.33 bits per heavy atom. The minimum atomic E-state index is -0.578. The van der Waals surface area contributed by atoms with E-state index in [-0.39, 0.29) is 18.3 Å². The zero-order chi connectivity index (χ0) is 21.5. The van der Waals surface area contributed by atoms with Crippen LogP contribution in [0.25, 0.3) is 0 Å². The van der Waals surface area contributed by atoms with Crippen molar-refractivity contribution in [1.82, 2.24) is 15.6 Å². The highest BCUT2D eigenvalue weighted by Crippen LogP contribution is 2.21. The molecule has 1 aliphatic heterocycles. The lowest BCUT2D eigenvalue weighted by molar-refractivity contribution is -0.402. The molecule has 160 valence electrons. The van der Waals surface area contributed by atoms with Gasteiger partial charge in [0.15, 0.2) is 0 Å². The minimum absolute atomic E-state index is 0.179. The number of carbonyl (C=O) groups excluding carboxylic acids is 2. The number of carbonyl (C=O) groups is 2. The molecule has 1 saturated heterocycles. The lowest BCUT2D eigenvalue weighted by Gasteiger charge is -2.13. The van der Waals surface area contributed by atoms with Gasteiger partial charge in [-0.05, 0) is 18.2 Å². The quantitative estimate of drug-likeness (QED) is 0.294. The van der Waals surface area contributed by atoms with Crippen LogP contribution in [0.5, 0.6) is 0 Å². The molecule has 2 aromatic rings. The molecule has 0 spiro atoms. The van der Waals surface area contributed by atoms with Crippen LogP contribution < -0.4 is 20.9 Å². The molecule has 0 bridgehead atoms. The fourth-order valence-corrected chi connectivity index (χ4v) is 2.80. The monoisotopic (exact) mass is 418 g/mol. The maximum Gasteiger partial charge on any atom is 0.433 e. The van der Waals surface area contributed by atoms with E-state index in [1.54, 1.807) is 24.4 Å². The van der Waals surface area contributed by atoms with Crippen molar-refractivity contribution in [3.05, 3.63) is 46.3 Å². The predicted octanol–water partition coefficient (Wildman–Crippen LogP) is 1.25. The molecule has 1 atom stereocenters. The number of nitrogens with one attached hydrogen (secondary N) is 3. The Bertz CT molecular complexity index is 899. The van der Waals surface area contributed by atoms with E-state index >= 15 is 0 Å². The number of ether oxygens (including phenoxy) is 1. The van der Waals surface area contributed by atoms with Crippen LogP contribution in [-0.4, -0.2) is 54.2 Å². The Kier molecular flexibility index (Phi) is 6.80. The largest absolute Gasteiger partial charge is 0.442 e. The van der Waals surface area contributed by atoms with Gasteiger partial charge in [-0.1, -0.05) is 0 Å². The Morgan fingerprint density at radius 3 is 2.83 bits per heavy atom. The van der Waals surface area contributed by atoms with Gasteiger partial charge in [-0.2, -0.15) is 0 Å². The summed E-state index contributed by atoms with van der Waals surface area (Å²) in [6.07, 6.45) is 0.691. The smallest absolute Gasteiger partial charge is 0.433 e. The number of amides is 2. The first-order chi connectivity index (χ1) is 14.4. The number of hydrogen-bond acceptors (Lipinski definition) is 9. The van der Waals surface area contributed by atoms with Crippen LogP contribution in [0.4, 0.5) is 22.2 Å². The summed E-state index contributed by atoms with van der Waals surface area (Å²) in [6, 6.07) is 6.38. The molecule has 2 amide bonds. The lowest BCUT2D eigenvalue weighted by Crippen LogP contribution is -2.33. The molecule has 0 aromatic carbocycles. The number of pyridine rings is 1. The Hall–Kier alpha value is -3.67. The van der Waals surface area contributed by atoms with E-state index in [1.807, 2.05) is 0 Å². The standard InChI is InChI=1S/C18H22N6O6/c1-12(25)21-10-15-11-23(18(26)30-15)13-2-4-16(22-8-13)20-7-6-19-9-14-3-5-17(29-14)24(27)28/h2-5,8,15,19H,6-7,9-11H2,1H3,(H,20,22)(H,21,25)/t15-/m0/s1. The van der Waals surface area contributed by atoms with Gasteiger partial charge in [0, 0.05) is 20.0 Å². The van der Waals surface area contributed by atoms with Gasteiger partial charge in [0.2, 0.25) is 5.91 Å². The van der Waals surface area contributed by atoms with Crippen molar-refractivity contribution in [2.24, 2.45) is 0 Å². The molecular formula is C18H22N6O6. The lowest BCUT2D eigenvalue weighted by atomic mass is 10.3. The summed E-state index contributed by atoms with van der Waals surface area (Å²) in [5, 5.41) is 19.4. The number of nitro groups is 1. The van der Waals surface area contributed by atoms with Crippen LogP contribution in [0.3, 0.4) is 0 Å². The maximum absolute atomic E-state index is 12.0. The summed E-state index contributed by atoms with van der Waals surface area (Å²) >= 11 is 0. The van der Waals surface area contributed by atoms with Gasteiger partial charge in [0.1, 0.15) is 22.6 Å². The molecule has 0 radical (unpaired) electrons. The predicted molar refractivity (Wildman–Crippen MR) is 106 cm³/mol. The van der Waals surface area contributed by atoms with Crippen LogP contribution in [0, 0.1) is 10.1 Å². The van der Waals surface area contributed by atoms with Crippen molar-refractivity contribution in [3.63, 3.8) is 0 Å². The summed E-state index contributed by atoms with van der Waals surface area (Å²) in [5.41, 5.74) is 0.605. The van der Waals surface area contributed by atoms with E-state index in [0.29, 0.717) is 43.4 Å². The summed E-state index contributed by atoms with van der Waals surface area (Å²) in [6.45, 7) is 3.54. The number of furan rings is 1. The minimum Gasteiger partial charge on any atom is -0.442 e. The zero-order valence-electron chi connectivity index (χ0n) is 16.3. The molecule has 12 nitrogen and oxygen atoms in total. The third-order valence-electron chi connectivity index (χ3n) is 4.25. The molecule has 1 aliphatic rings. The second-order valence-electron chi connectivity index (χ2n) is 6.56. The average Bonchev–Trinajstić information content (AvgIpc) is 3.33. The Balaban J connectivity index is 1.39. The van der Waals surface area contributed by atoms with Crippen LogP contribution in [-0.2, 0) is 16.1 Å². The van der Waals surface area contributed by atoms with E-state index in [9.17, 15) is 19.7 Å². The van der Waals surface area contributed by atoms with Gasteiger partial charge in [-0.25, -0.2) is 9.78 Å². The highest BCUT2D eigenvalue weighted by Gasteiger charge is 2.32.